The summed E-state index contributed by atoms with van der Waals surface area (Å²) in [7, 11) is 1.26. The number of likely N-dealkylation sites (N-methyl/N-ethyl adjacent to an activating group) is 1. The van der Waals surface area contributed by atoms with Gasteiger partial charge in [0.15, 0.2) is 0 Å². The molecule has 8 nitrogen and oxygen atoms in total. The molecule has 0 aromatic heterocycles. The number of nitrogens with one attached hydrogen (secondary N) is 1. The van der Waals surface area contributed by atoms with E-state index in [1.807, 2.05) is 27.2 Å². The van der Waals surface area contributed by atoms with Crippen molar-refractivity contribution >= 4 is 13.7 Å². The van der Waals surface area contributed by atoms with Crippen molar-refractivity contribution in [1.82, 2.24) is 5.32 Å². The second-order valence-electron chi connectivity index (χ2n) is 26.6. The van der Waals surface area contributed by atoms with E-state index in [2.05, 4.69) is 67.8 Å². The Morgan fingerprint density at radius 2 is 0.694 bits per heavy atom. The average Bonchev–Trinajstić information content (AvgIpc) is 3.49. The second kappa shape index (κ2) is 66.6. The maximum absolute atomic E-state index is 13.0. The van der Waals surface area contributed by atoms with E-state index >= 15 is 0 Å². The lowest BCUT2D eigenvalue weighted by molar-refractivity contribution is -0.870. The lowest BCUT2D eigenvalue weighted by atomic mass is 10.0. The number of hydrogen-bond acceptors (Lipinski definition) is 6. The number of carbonyl (C=O) groups is 1. The first-order valence-electron chi connectivity index (χ1n) is 37.2. The number of rotatable bonds is 69. The van der Waals surface area contributed by atoms with E-state index in [1.165, 1.54) is 295 Å². The number of aliphatic hydroxyl groups is 1. The third-order valence-electron chi connectivity index (χ3n) is 16.9. The van der Waals surface area contributed by atoms with Gasteiger partial charge in [-0.05, 0) is 70.6 Å². The van der Waals surface area contributed by atoms with Crippen LogP contribution in [-0.4, -0.2) is 68.5 Å². The minimum absolute atomic E-state index is 0.00542. The number of hydrogen-bond donors (Lipinski definition) is 2. The summed E-state index contributed by atoms with van der Waals surface area (Å²) in [5, 5.41) is 14.0. The summed E-state index contributed by atoms with van der Waals surface area (Å²) in [6, 6.07) is -0.905. The number of allylic oxidation sites excluding steroid dienone is 9. The first kappa shape index (κ1) is 83.2. The molecule has 0 bridgehead atoms. The van der Waals surface area contributed by atoms with E-state index in [0.717, 1.165) is 51.4 Å². The normalized spacial score (nSPS) is 13.9. The summed E-state index contributed by atoms with van der Waals surface area (Å²) in [5.41, 5.74) is 0. The van der Waals surface area contributed by atoms with E-state index in [9.17, 15) is 19.4 Å². The fourth-order valence-corrected chi connectivity index (χ4v) is 11.9. The van der Waals surface area contributed by atoms with Crippen molar-refractivity contribution in [3.8, 4) is 0 Å². The summed E-state index contributed by atoms with van der Waals surface area (Å²) >= 11 is 0. The minimum Gasteiger partial charge on any atom is -0.756 e. The van der Waals surface area contributed by atoms with Gasteiger partial charge in [-0.3, -0.25) is 9.36 Å². The van der Waals surface area contributed by atoms with Gasteiger partial charge in [0.25, 0.3) is 7.82 Å². The lowest BCUT2D eigenvalue weighted by Crippen LogP contribution is -2.45. The predicted octanol–water partition coefficient (Wildman–Crippen LogP) is 23.3. The second-order valence-corrected chi connectivity index (χ2v) is 28.1. The Morgan fingerprint density at radius 3 is 1.04 bits per heavy atom. The third-order valence-corrected chi connectivity index (χ3v) is 17.9. The Bertz CT molecular complexity index is 1570. The van der Waals surface area contributed by atoms with Crippen LogP contribution < -0.4 is 10.2 Å². The van der Waals surface area contributed by atoms with Crippen LogP contribution in [0.4, 0.5) is 0 Å². The van der Waals surface area contributed by atoms with E-state index in [4.69, 9.17) is 9.05 Å². The summed E-state index contributed by atoms with van der Waals surface area (Å²) in [5.74, 6) is -0.200. The monoisotopic (exact) mass is 1210 g/mol. The number of quaternary nitrogens is 1. The zero-order chi connectivity index (χ0) is 61.9. The predicted molar refractivity (Wildman–Crippen MR) is 371 cm³/mol. The van der Waals surface area contributed by atoms with Crippen molar-refractivity contribution in [2.24, 2.45) is 0 Å². The quantitative estimate of drug-likeness (QED) is 0.0272. The molecule has 3 atom stereocenters. The molecular weight excluding hydrogens is 1070 g/mol. The topological polar surface area (TPSA) is 108 Å². The van der Waals surface area contributed by atoms with Crippen LogP contribution in [0.15, 0.2) is 60.8 Å². The lowest BCUT2D eigenvalue weighted by Gasteiger charge is -2.29. The van der Waals surface area contributed by atoms with Crippen molar-refractivity contribution in [2.45, 2.75) is 379 Å². The van der Waals surface area contributed by atoms with E-state index in [-0.39, 0.29) is 12.5 Å². The molecule has 85 heavy (non-hydrogen) atoms. The molecule has 0 spiro atoms. The fourth-order valence-electron chi connectivity index (χ4n) is 11.2. The molecule has 9 heteroatoms. The zero-order valence-corrected chi connectivity index (χ0v) is 58.2. The Kier molecular flexibility index (Phi) is 65.2. The SMILES string of the molecule is CCCCCCC/C=C\C/C=C\C/C=C\CCCCCCCCCCCCCCCCCCCCCCCCCCC(=O)NC(COP(=O)([O-])OCC[N+](C)(C)C)C(O)/C=C/CC/C=C/CCCCCCCCCCCCCCCCCCCC. The maximum Gasteiger partial charge on any atom is 0.268 e. The third kappa shape index (κ3) is 69.5. The number of aliphatic hydroxyl groups excluding tert-OH is 1. The molecule has 0 aromatic carbocycles. The Labute approximate surface area is 530 Å². The summed E-state index contributed by atoms with van der Waals surface area (Å²) in [4.78, 5) is 25.6. The van der Waals surface area contributed by atoms with E-state index in [1.54, 1.807) is 6.08 Å². The highest BCUT2D eigenvalue weighted by Crippen LogP contribution is 2.38. The highest BCUT2D eigenvalue weighted by molar-refractivity contribution is 7.45. The van der Waals surface area contributed by atoms with Gasteiger partial charge in [0, 0.05) is 6.42 Å². The van der Waals surface area contributed by atoms with Crippen molar-refractivity contribution in [1.29, 1.82) is 0 Å². The molecular formula is C76H145N2O6P. The Morgan fingerprint density at radius 1 is 0.412 bits per heavy atom. The smallest absolute Gasteiger partial charge is 0.268 e. The highest BCUT2D eigenvalue weighted by atomic mass is 31.2. The highest BCUT2D eigenvalue weighted by Gasteiger charge is 2.23. The van der Waals surface area contributed by atoms with Gasteiger partial charge in [-0.25, -0.2) is 0 Å². The molecule has 0 rings (SSSR count). The number of nitrogens with zero attached hydrogens (tertiary/aromatic N) is 1. The molecule has 0 aliphatic heterocycles. The Hall–Kier alpha value is -1.80. The molecule has 0 aliphatic rings. The minimum atomic E-state index is -4.61. The molecule has 500 valence electrons. The van der Waals surface area contributed by atoms with Crippen molar-refractivity contribution in [2.75, 3.05) is 40.9 Å². The number of phosphoric ester groups is 1. The average molecular weight is 1210 g/mol. The number of carbonyl (C=O) groups excluding carboxylic acids is 1. The van der Waals surface area contributed by atoms with Crippen molar-refractivity contribution < 1.29 is 32.9 Å². The van der Waals surface area contributed by atoms with Gasteiger partial charge >= 0.3 is 0 Å². The van der Waals surface area contributed by atoms with Crippen LogP contribution in [0, 0.1) is 0 Å². The van der Waals surface area contributed by atoms with Crippen LogP contribution in [0.3, 0.4) is 0 Å². The van der Waals surface area contributed by atoms with Gasteiger partial charge in [0.1, 0.15) is 13.2 Å². The van der Waals surface area contributed by atoms with Gasteiger partial charge in [-0.15, -0.1) is 0 Å². The molecule has 0 aromatic rings. The molecule has 0 fully saturated rings. The van der Waals surface area contributed by atoms with Crippen LogP contribution in [0.25, 0.3) is 0 Å². The molecule has 0 aliphatic carbocycles. The molecule has 2 N–H and O–H groups in total. The number of unbranched alkanes of at least 4 members (excludes halogenated alkanes) is 48. The zero-order valence-electron chi connectivity index (χ0n) is 57.3. The van der Waals surface area contributed by atoms with Gasteiger partial charge < -0.3 is 28.8 Å². The van der Waals surface area contributed by atoms with Crippen LogP contribution >= 0.6 is 7.82 Å². The first-order valence-corrected chi connectivity index (χ1v) is 38.6. The van der Waals surface area contributed by atoms with Crippen molar-refractivity contribution in [3.05, 3.63) is 60.8 Å². The van der Waals surface area contributed by atoms with Crippen LogP contribution in [-0.2, 0) is 18.4 Å². The van der Waals surface area contributed by atoms with Gasteiger partial charge in [-0.2, -0.15) is 0 Å². The number of amides is 1. The van der Waals surface area contributed by atoms with E-state index in [0.29, 0.717) is 17.4 Å². The van der Waals surface area contributed by atoms with E-state index < -0.39 is 26.6 Å². The Balaban J connectivity index is 3.98. The molecule has 0 saturated carbocycles. The van der Waals surface area contributed by atoms with Gasteiger partial charge in [0.2, 0.25) is 5.91 Å². The molecule has 3 unspecified atom stereocenters. The van der Waals surface area contributed by atoms with Crippen molar-refractivity contribution in [3.63, 3.8) is 0 Å². The van der Waals surface area contributed by atoms with Crippen LogP contribution in [0.5, 0.6) is 0 Å². The maximum atomic E-state index is 13.0. The van der Waals surface area contributed by atoms with Gasteiger partial charge in [-0.1, -0.05) is 351 Å². The molecule has 0 heterocycles. The summed E-state index contributed by atoms with van der Waals surface area (Å²) in [6.45, 7) is 4.67. The number of phosphoric acid groups is 1. The molecule has 1 amide bonds. The van der Waals surface area contributed by atoms with Crippen LogP contribution in [0.1, 0.15) is 367 Å². The fraction of sp³-hybridized carbons (Fsp3) is 0.855. The molecule has 0 saturated heterocycles. The summed E-state index contributed by atoms with van der Waals surface area (Å²) < 4.78 is 23.5. The van der Waals surface area contributed by atoms with Gasteiger partial charge in [0.05, 0.1) is 39.9 Å². The first-order chi connectivity index (χ1) is 41.5. The van der Waals surface area contributed by atoms with Crippen LogP contribution in [0.2, 0.25) is 0 Å². The standard InChI is InChI=1S/C76H145N2O6P/c1-6-8-10-12-14-16-18-20-22-24-26-28-30-32-33-34-35-36-37-38-39-40-41-42-43-44-45-46-48-50-52-54-56-58-60-62-64-66-68-70-76(80)77-74(73-84-85(81,82)83-72-71-78(3,4)5)75(79)69-67-65-63-61-59-57-55-53-51-49-47-31-29-27-25-23-21-19-17-15-13-11-9-7-2/h18,20,24,26,30,32,59,61,67,69,74-75,79H,6-17,19,21-23,25,27-29,31,33-58,60,62-66,68,70-73H2,1-5H3,(H-,77,80,81,82)/b20-18-,26-24-,32-30-,61-59+,69-67+. The summed E-state index contributed by atoms with van der Waals surface area (Å²) in [6.07, 6.45) is 92.3. The molecule has 0 radical (unpaired) electrons. The largest absolute Gasteiger partial charge is 0.756 e.